The molecule has 0 radical (unpaired) electrons. The van der Waals surface area contributed by atoms with Gasteiger partial charge in [0.05, 0.1) is 0 Å². The van der Waals surface area contributed by atoms with Crippen LogP contribution in [-0.4, -0.2) is 30.0 Å². The molecule has 2 fully saturated rings. The minimum absolute atomic E-state index is 0.0554. The fourth-order valence-electron chi connectivity index (χ4n) is 2.97. The Bertz CT molecular complexity index is 489. The van der Waals surface area contributed by atoms with Crippen molar-refractivity contribution in [1.82, 2.24) is 10.3 Å². The third-order valence-corrected chi connectivity index (χ3v) is 5.31. The number of thiazole rings is 1. The summed E-state index contributed by atoms with van der Waals surface area (Å²) >= 11 is 1.43. The molecule has 1 amide bonds. The Morgan fingerprint density at radius 3 is 2.70 bits per heavy atom. The van der Waals surface area contributed by atoms with Gasteiger partial charge in [-0.3, -0.25) is 4.79 Å². The van der Waals surface area contributed by atoms with Crippen LogP contribution in [0.15, 0.2) is 0 Å². The number of nitrogens with zero attached hydrogens (tertiary/aromatic N) is 2. The number of carbonyl (C=O) groups excluding carboxylic acids is 1. The van der Waals surface area contributed by atoms with Crippen LogP contribution in [0.25, 0.3) is 0 Å². The predicted molar refractivity (Wildman–Crippen MR) is 82.2 cm³/mol. The number of anilines is 2. The van der Waals surface area contributed by atoms with E-state index in [0.717, 1.165) is 37.0 Å². The largest absolute Gasteiger partial charge is 0.382 e. The van der Waals surface area contributed by atoms with E-state index < -0.39 is 0 Å². The normalized spacial score (nSPS) is 26.1. The number of piperidine rings is 1. The van der Waals surface area contributed by atoms with Gasteiger partial charge < -0.3 is 16.0 Å². The van der Waals surface area contributed by atoms with Gasteiger partial charge in [-0.25, -0.2) is 4.98 Å². The van der Waals surface area contributed by atoms with E-state index in [-0.39, 0.29) is 5.91 Å². The summed E-state index contributed by atoms with van der Waals surface area (Å²) in [5.74, 6) is 1.05. The van der Waals surface area contributed by atoms with E-state index in [1.54, 1.807) is 0 Å². The molecule has 5 nitrogen and oxygen atoms in total. The van der Waals surface area contributed by atoms with Gasteiger partial charge in [-0.2, -0.15) is 0 Å². The lowest BCUT2D eigenvalue weighted by molar-refractivity contribution is 0.0901. The molecule has 1 aliphatic heterocycles. The van der Waals surface area contributed by atoms with Gasteiger partial charge in [0.15, 0.2) is 5.13 Å². The first-order valence-electron chi connectivity index (χ1n) is 7.45. The zero-order valence-electron chi connectivity index (χ0n) is 11.9. The van der Waals surface area contributed by atoms with Crippen molar-refractivity contribution in [3.05, 3.63) is 4.88 Å². The minimum Gasteiger partial charge on any atom is -0.382 e. The Morgan fingerprint density at radius 2 is 2.05 bits per heavy atom. The number of amides is 1. The van der Waals surface area contributed by atoms with Gasteiger partial charge in [-0.05, 0) is 38.0 Å². The van der Waals surface area contributed by atoms with E-state index in [1.165, 1.54) is 30.6 Å². The van der Waals surface area contributed by atoms with Crippen LogP contribution in [0.2, 0.25) is 0 Å². The van der Waals surface area contributed by atoms with E-state index in [4.69, 9.17) is 5.73 Å². The number of nitrogens with two attached hydrogens (primary N) is 1. The molecule has 0 spiro atoms. The molecule has 0 bridgehead atoms. The molecule has 1 saturated heterocycles. The molecule has 1 saturated carbocycles. The van der Waals surface area contributed by atoms with Crippen molar-refractivity contribution in [2.75, 3.05) is 23.7 Å². The van der Waals surface area contributed by atoms with Crippen molar-refractivity contribution in [1.29, 1.82) is 0 Å². The van der Waals surface area contributed by atoms with Crippen LogP contribution in [-0.2, 0) is 0 Å². The molecule has 1 aliphatic carbocycles. The maximum atomic E-state index is 12.2. The Hall–Kier alpha value is -1.30. The van der Waals surface area contributed by atoms with E-state index in [1.807, 2.05) is 0 Å². The number of nitrogens with one attached hydrogen (secondary N) is 1. The number of rotatable bonds is 3. The van der Waals surface area contributed by atoms with Crippen LogP contribution in [0, 0.1) is 5.92 Å². The van der Waals surface area contributed by atoms with Crippen molar-refractivity contribution in [3.8, 4) is 0 Å². The molecule has 3 N–H and O–H groups in total. The van der Waals surface area contributed by atoms with Gasteiger partial charge in [0.1, 0.15) is 10.7 Å². The lowest BCUT2D eigenvalue weighted by atomic mass is 9.82. The zero-order valence-corrected chi connectivity index (χ0v) is 12.7. The first-order valence-corrected chi connectivity index (χ1v) is 8.27. The van der Waals surface area contributed by atoms with E-state index in [0.29, 0.717) is 16.7 Å². The van der Waals surface area contributed by atoms with Gasteiger partial charge in [-0.1, -0.05) is 18.3 Å². The molecule has 20 heavy (non-hydrogen) atoms. The highest BCUT2D eigenvalue weighted by Crippen LogP contribution is 2.31. The summed E-state index contributed by atoms with van der Waals surface area (Å²) in [6.07, 6.45) is 5.82. The number of hydrogen-bond acceptors (Lipinski definition) is 5. The van der Waals surface area contributed by atoms with Gasteiger partial charge in [0, 0.05) is 19.1 Å². The molecule has 0 aromatic carbocycles. The van der Waals surface area contributed by atoms with Crippen molar-refractivity contribution < 1.29 is 4.79 Å². The van der Waals surface area contributed by atoms with Crippen LogP contribution >= 0.6 is 11.3 Å². The molecule has 1 aromatic heterocycles. The van der Waals surface area contributed by atoms with Crippen LogP contribution in [0.4, 0.5) is 10.9 Å². The van der Waals surface area contributed by atoms with Crippen LogP contribution in [0.3, 0.4) is 0 Å². The minimum atomic E-state index is -0.0554. The maximum absolute atomic E-state index is 12.2. The monoisotopic (exact) mass is 294 g/mol. The van der Waals surface area contributed by atoms with Crippen LogP contribution in [0.5, 0.6) is 0 Å². The number of carbonyl (C=O) groups is 1. The average Bonchev–Trinajstić information content (AvgIpc) is 2.80. The highest BCUT2D eigenvalue weighted by molar-refractivity contribution is 7.18. The third-order valence-electron chi connectivity index (χ3n) is 4.18. The third kappa shape index (κ3) is 2.75. The topological polar surface area (TPSA) is 71.2 Å². The summed E-state index contributed by atoms with van der Waals surface area (Å²) in [5, 5.41) is 3.95. The number of aromatic nitrogens is 1. The van der Waals surface area contributed by atoms with Crippen molar-refractivity contribution in [2.24, 2.45) is 5.92 Å². The van der Waals surface area contributed by atoms with Crippen LogP contribution < -0.4 is 16.0 Å². The molecule has 110 valence electrons. The van der Waals surface area contributed by atoms with Crippen LogP contribution in [0.1, 0.15) is 48.7 Å². The van der Waals surface area contributed by atoms with Gasteiger partial charge in [0.25, 0.3) is 5.91 Å². The number of nitrogen functional groups attached to an aromatic ring is 1. The molecular weight excluding hydrogens is 272 g/mol. The Labute approximate surface area is 123 Å². The highest BCUT2D eigenvalue weighted by Gasteiger charge is 2.29. The van der Waals surface area contributed by atoms with Gasteiger partial charge >= 0.3 is 0 Å². The van der Waals surface area contributed by atoms with Gasteiger partial charge in [0.2, 0.25) is 0 Å². The summed E-state index contributed by atoms with van der Waals surface area (Å²) < 4.78 is 0. The molecule has 1 aromatic rings. The Kier molecular flexibility index (Phi) is 3.83. The summed E-state index contributed by atoms with van der Waals surface area (Å²) in [6.45, 7) is 4.25. The van der Waals surface area contributed by atoms with E-state index in [9.17, 15) is 4.79 Å². The SMILES string of the molecule is CC1CC(NC(=O)c2sc(N3CCCCC3)nc2N)C1. The Balaban J connectivity index is 1.66. The molecular formula is C14H22N4OS. The van der Waals surface area contributed by atoms with Crippen molar-refractivity contribution in [3.63, 3.8) is 0 Å². The fourth-order valence-corrected chi connectivity index (χ4v) is 3.91. The zero-order chi connectivity index (χ0) is 14.1. The maximum Gasteiger partial charge on any atom is 0.265 e. The first-order chi connectivity index (χ1) is 9.63. The lowest BCUT2D eigenvalue weighted by Crippen LogP contribution is -2.43. The fraction of sp³-hybridized carbons (Fsp3) is 0.714. The smallest absolute Gasteiger partial charge is 0.265 e. The first kappa shape index (κ1) is 13.7. The van der Waals surface area contributed by atoms with Crippen molar-refractivity contribution >= 4 is 28.2 Å². The quantitative estimate of drug-likeness (QED) is 0.897. The standard InChI is InChI=1S/C14H22N4OS/c1-9-7-10(8-9)16-13(19)11-12(15)17-14(20-11)18-5-3-2-4-6-18/h9-10H,2-8,15H2,1H3,(H,16,19). The molecule has 3 rings (SSSR count). The molecule has 0 atom stereocenters. The second-order valence-corrected chi connectivity index (χ2v) is 6.98. The van der Waals surface area contributed by atoms with E-state index in [2.05, 4.69) is 22.1 Å². The highest BCUT2D eigenvalue weighted by atomic mass is 32.1. The summed E-state index contributed by atoms with van der Waals surface area (Å²) in [4.78, 5) is 19.4. The van der Waals surface area contributed by atoms with Crippen molar-refractivity contribution in [2.45, 2.75) is 45.1 Å². The summed E-state index contributed by atoms with van der Waals surface area (Å²) in [6, 6.07) is 0.317. The molecule has 2 heterocycles. The second kappa shape index (κ2) is 5.60. The predicted octanol–water partition coefficient (Wildman–Crippen LogP) is 2.24. The summed E-state index contributed by atoms with van der Waals surface area (Å²) in [5.41, 5.74) is 5.92. The number of hydrogen-bond donors (Lipinski definition) is 2. The molecule has 6 heteroatoms. The second-order valence-electron chi connectivity index (χ2n) is 6.01. The Morgan fingerprint density at radius 1 is 1.35 bits per heavy atom. The lowest BCUT2D eigenvalue weighted by Gasteiger charge is -2.33. The van der Waals surface area contributed by atoms with Gasteiger partial charge in [-0.15, -0.1) is 0 Å². The summed E-state index contributed by atoms with van der Waals surface area (Å²) in [7, 11) is 0. The van der Waals surface area contributed by atoms with E-state index >= 15 is 0 Å². The average molecular weight is 294 g/mol. The molecule has 2 aliphatic rings. The molecule has 0 unspecified atom stereocenters.